The highest BCUT2D eigenvalue weighted by atomic mass is 19.4. The average Bonchev–Trinajstić information content (AvgIpc) is 3.33. The normalized spacial score (nSPS) is 18.6. The molecule has 76 heavy (non-hydrogen) atoms. The van der Waals surface area contributed by atoms with E-state index in [1.165, 1.54) is 37.5 Å². The zero-order valence-electron chi connectivity index (χ0n) is 45.3. The molecule has 7 rings (SSSR count). The number of amides is 5. The van der Waals surface area contributed by atoms with E-state index in [-0.39, 0.29) is 66.7 Å². The van der Waals surface area contributed by atoms with E-state index >= 15 is 0 Å². The number of nitrogens with one attached hydrogen (secondary N) is 1. The van der Waals surface area contributed by atoms with Gasteiger partial charge in [0.1, 0.15) is 18.1 Å². The maximum absolute atomic E-state index is 14.4. The van der Waals surface area contributed by atoms with Crippen molar-refractivity contribution in [2.75, 3.05) is 22.9 Å². The summed E-state index contributed by atoms with van der Waals surface area (Å²) in [6, 6.07) is 11.1. The highest BCUT2D eigenvalue weighted by Gasteiger charge is 2.48. The lowest BCUT2D eigenvalue weighted by Gasteiger charge is -2.41. The standard InChI is InChI=1S/C32H40F3N3O5.C24H34F3N3O3/c1-20(2)38(23-14-10-7-11-15-23)28(39)24-16-26-27(17-25(24)32(33,34)35)43-31(4,5)29(40)37(26)18-21(3)36-30(41)42-19-22-12-8-6-9-13-22;1-14(2)30(16-9-7-6-8-10-16)21(31)17-11-19-20(12-18(17)24(25,26)27)33-23(4,5)22(32)29(19)13-15(3)28/h6,8-9,12-13,16-17,20-21,23H,7,10-11,14-15,18-19H2,1-5H3,(H,36,41);11-12,14-16H,6-10,13,28H2,1-5H3/t21-;15-/m00/s1. The van der Waals surface area contributed by atoms with Crippen LogP contribution >= 0.6 is 0 Å². The number of carbonyl (C=O) groups is 5. The van der Waals surface area contributed by atoms with Crippen molar-refractivity contribution in [3.05, 3.63) is 82.4 Å². The molecule has 0 radical (unpaired) electrons. The molecule has 2 aliphatic carbocycles. The lowest BCUT2D eigenvalue weighted by Crippen LogP contribution is -2.56. The van der Waals surface area contributed by atoms with Crippen LogP contribution in [0.15, 0.2) is 54.6 Å². The minimum atomic E-state index is -4.84. The van der Waals surface area contributed by atoms with Gasteiger partial charge < -0.3 is 44.9 Å². The molecule has 2 heterocycles. The zero-order valence-corrected chi connectivity index (χ0v) is 45.3. The second-order valence-electron chi connectivity index (χ2n) is 22.1. The molecule has 0 unspecified atom stereocenters. The van der Waals surface area contributed by atoms with E-state index in [9.17, 15) is 50.3 Å². The van der Waals surface area contributed by atoms with Gasteiger partial charge in [0.15, 0.2) is 11.2 Å². The van der Waals surface area contributed by atoms with Crippen molar-refractivity contribution in [1.82, 2.24) is 15.1 Å². The molecule has 4 aliphatic rings. The zero-order chi connectivity index (χ0) is 56.2. The Kier molecular flexibility index (Phi) is 18.4. The summed E-state index contributed by atoms with van der Waals surface area (Å²) in [5, 5.41) is 2.67. The van der Waals surface area contributed by atoms with Gasteiger partial charge in [-0.05, 0) is 125 Å². The minimum Gasteiger partial charge on any atom is -0.476 e. The third-order valence-corrected chi connectivity index (χ3v) is 14.1. The van der Waals surface area contributed by atoms with Crippen molar-refractivity contribution >= 4 is 41.1 Å². The van der Waals surface area contributed by atoms with Gasteiger partial charge in [0, 0.05) is 49.3 Å². The maximum atomic E-state index is 14.4. The minimum absolute atomic E-state index is 0.0410. The van der Waals surface area contributed by atoms with Crippen molar-refractivity contribution in [2.24, 2.45) is 5.73 Å². The van der Waals surface area contributed by atoms with Gasteiger partial charge in [-0.2, -0.15) is 26.3 Å². The predicted molar refractivity (Wildman–Crippen MR) is 276 cm³/mol. The first-order valence-corrected chi connectivity index (χ1v) is 26.3. The van der Waals surface area contributed by atoms with Crippen LogP contribution < -0.4 is 30.3 Å². The molecule has 0 spiro atoms. The van der Waals surface area contributed by atoms with E-state index in [1.54, 1.807) is 37.5 Å². The van der Waals surface area contributed by atoms with Crippen molar-refractivity contribution in [3.8, 4) is 11.5 Å². The molecule has 0 bridgehead atoms. The van der Waals surface area contributed by atoms with Gasteiger partial charge in [0.2, 0.25) is 0 Å². The van der Waals surface area contributed by atoms with Gasteiger partial charge in [-0.15, -0.1) is 0 Å². The van der Waals surface area contributed by atoms with Crippen molar-refractivity contribution < 1.29 is 64.5 Å². The first-order chi connectivity index (χ1) is 35.4. The molecule has 0 saturated heterocycles. The van der Waals surface area contributed by atoms with E-state index in [2.05, 4.69) is 5.32 Å². The Hall–Kier alpha value is -6.05. The van der Waals surface area contributed by atoms with Crippen LogP contribution in [-0.4, -0.2) is 100 Å². The number of anilines is 2. The van der Waals surface area contributed by atoms with Crippen LogP contribution in [0.25, 0.3) is 0 Å². The molecule has 20 heteroatoms. The number of halogens is 6. The second kappa shape index (κ2) is 23.7. The largest absolute Gasteiger partial charge is 0.476 e. The number of hydrogen-bond acceptors (Lipinski definition) is 9. The SMILES string of the molecule is CC(C)N(C(=O)c1cc2c(cc1C(F)(F)F)OC(C)(C)C(=O)N2C[C@H](C)N)C1CCCCC1.CC(C)N(C(=O)c1cc2c(cc1C(F)(F)F)OC(C)(C)C(=O)N2C[C@H](C)NC(=O)OCc1ccccc1)C1CCCCC1. The van der Waals surface area contributed by atoms with Crippen LogP contribution in [0.1, 0.15) is 171 Å². The highest BCUT2D eigenvalue weighted by Crippen LogP contribution is 2.47. The van der Waals surface area contributed by atoms with Crippen molar-refractivity contribution in [1.29, 1.82) is 0 Å². The Bertz CT molecular complexity index is 2570. The highest BCUT2D eigenvalue weighted by molar-refractivity contribution is 6.06. The first kappa shape index (κ1) is 59.2. The second-order valence-corrected chi connectivity index (χ2v) is 22.1. The molecule has 0 aromatic heterocycles. The Morgan fingerprint density at radius 3 is 1.42 bits per heavy atom. The van der Waals surface area contributed by atoms with Crippen molar-refractivity contribution in [2.45, 2.75) is 200 Å². The number of carbonyl (C=O) groups excluding carboxylic acids is 5. The van der Waals surface area contributed by atoms with Gasteiger partial charge in [-0.3, -0.25) is 19.2 Å². The molecule has 5 amide bonds. The topological polar surface area (TPSA) is 164 Å². The molecule has 3 aromatic carbocycles. The van der Waals surface area contributed by atoms with Crippen LogP contribution in [-0.2, 0) is 33.3 Å². The molecule has 2 fully saturated rings. The number of alkyl halides is 6. The first-order valence-electron chi connectivity index (χ1n) is 26.3. The summed E-state index contributed by atoms with van der Waals surface area (Å²) >= 11 is 0. The third-order valence-electron chi connectivity index (χ3n) is 14.1. The Morgan fingerprint density at radius 1 is 0.658 bits per heavy atom. The summed E-state index contributed by atoms with van der Waals surface area (Å²) in [6.45, 7) is 16.6. The quantitative estimate of drug-likeness (QED) is 0.159. The maximum Gasteiger partial charge on any atom is 0.417 e. The number of hydrogen-bond donors (Lipinski definition) is 2. The number of nitrogens with zero attached hydrogens (tertiary/aromatic N) is 4. The summed E-state index contributed by atoms with van der Waals surface area (Å²) in [4.78, 5) is 72.3. The van der Waals surface area contributed by atoms with Gasteiger partial charge >= 0.3 is 18.4 Å². The van der Waals surface area contributed by atoms with Crippen molar-refractivity contribution in [3.63, 3.8) is 0 Å². The fourth-order valence-electron chi connectivity index (χ4n) is 10.6. The van der Waals surface area contributed by atoms with Crippen LogP contribution in [0.5, 0.6) is 11.5 Å². The summed E-state index contributed by atoms with van der Waals surface area (Å²) in [5.74, 6) is -2.59. The van der Waals surface area contributed by atoms with E-state index < -0.39 is 87.6 Å². The van der Waals surface area contributed by atoms with E-state index in [4.69, 9.17) is 19.9 Å². The lowest BCUT2D eigenvalue weighted by atomic mass is 9.92. The summed E-state index contributed by atoms with van der Waals surface area (Å²) in [7, 11) is 0. The van der Waals surface area contributed by atoms with Crippen LogP contribution in [0.2, 0.25) is 0 Å². The molecule has 2 atom stereocenters. The fourth-order valence-corrected chi connectivity index (χ4v) is 10.6. The summed E-state index contributed by atoms with van der Waals surface area (Å²) in [5.41, 5.74) is 0.888. The molecule has 2 saturated carbocycles. The molecule has 418 valence electrons. The Labute approximate surface area is 441 Å². The van der Waals surface area contributed by atoms with Crippen LogP contribution in [0.4, 0.5) is 42.5 Å². The molecule has 3 N–H and O–H groups in total. The van der Waals surface area contributed by atoms with Gasteiger partial charge in [0.25, 0.3) is 23.6 Å². The smallest absolute Gasteiger partial charge is 0.417 e. The monoisotopic (exact) mass is 1070 g/mol. The van der Waals surface area contributed by atoms with E-state index in [1.807, 2.05) is 44.2 Å². The van der Waals surface area contributed by atoms with Crippen LogP contribution in [0, 0.1) is 0 Å². The fraction of sp³-hybridized carbons (Fsp3) is 0.589. The van der Waals surface area contributed by atoms with Crippen LogP contribution in [0.3, 0.4) is 0 Å². The number of ether oxygens (including phenoxy) is 3. The van der Waals surface area contributed by atoms with E-state index in [0.29, 0.717) is 0 Å². The lowest BCUT2D eigenvalue weighted by molar-refractivity contribution is -0.139. The Morgan fingerprint density at radius 2 is 1.05 bits per heavy atom. The number of alkyl carbamates (subject to hydrolysis) is 1. The average molecular weight is 1070 g/mol. The summed E-state index contributed by atoms with van der Waals surface area (Å²) < 4.78 is 102. The number of fused-ring (bicyclic) bond motifs is 2. The number of rotatable bonds is 13. The summed E-state index contributed by atoms with van der Waals surface area (Å²) in [6.07, 6.45) is -1.56. The molecule has 2 aliphatic heterocycles. The molecule has 14 nitrogen and oxygen atoms in total. The number of nitrogens with two attached hydrogens (primary N) is 1. The molecular formula is C56H74F6N6O8. The Balaban J connectivity index is 0.000000255. The van der Waals surface area contributed by atoms with Gasteiger partial charge in [-0.1, -0.05) is 68.9 Å². The predicted octanol–water partition coefficient (Wildman–Crippen LogP) is 11.4. The molecule has 3 aromatic rings. The third kappa shape index (κ3) is 13.7. The molecular weight excluding hydrogens is 999 g/mol. The number of benzene rings is 3. The van der Waals surface area contributed by atoms with Gasteiger partial charge in [0.05, 0.1) is 33.6 Å². The van der Waals surface area contributed by atoms with E-state index in [0.717, 1.165) is 94.0 Å². The van der Waals surface area contributed by atoms with Gasteiger partial charge in [-0.25, -0.2) is 4.79 Å².